The second-order valence-corrected chi connectivity index (χ2v) is 11.4. The largest absolute Gasteiger partial charge is 0.462 e. The van der Waals surface area contributed by atoms with Crippen LogP contribution in [0.3, 0.4) is 0 Å². The minimum Gasteiger partial charge on any atom is -0.462 e. The van der Waals surface area contributed by atoms with Crippen LogP contribution in [0.15, 0.2) is 23.8 Å². The molecule has 30 heavy (non-hydrogen) atoms. The summed E-state index contributed by atoms with van der Waals surface area (Å²) >= 11 is 0. The SMILES string of the molecule is CC12C=CC(=O)C=C1CCC1C2CCC2(C)C(OC(=O)CCC3CCCC3)CCC12. The van der Waals surface area contributed by atoms with Crippen LogP contribution in [-0.4, -0.2) is 17.9 Å². The summed E-state index contributed by atoms with van der Waals surface area (Å²) in [6.45, 7) is 4.76. The summed E-state index contributed by atoms with van der Waals surface area (Å²) in [5.74, 6) is 2.91. The Balaban J connectivity index is 1.26. The number of carbonyl (C=O) groups excluding carboxylic acids is 2. The van der Waals surface area contributed by atoms with Crippen LogP contribution in [-0.2, 0) is 14.3 Å². The molecule has 0 amide bonds. The molecule has 5 aliphatic carbocycles. The third-order valence-electron chi connectivity index (χ3n) is 9.97. The smallest absolute Gasteiger partial charge is 0.306 e. The number of rotatable bonds is 4. The molecule has 4 fully saturated rings. The van der Waals surface area contributed by atoms with Crippen molar-refractivity contribution in [1.82, 2.24) is 0 Å². The molecule has 0 aromatic rings. The Labute approximate surface area is 181 Å². The van der Waals surface area contributed by atoms with Gasteiger partial charge in [-0.25, -0.2) is 0 Å². The molecule has 0 aliphatic heterocycles. The van der Waals surface area contributed by atoms with Crippen LogP contribution in [0.4, 0.5) is 0 Å². The van der Waals surface area contributed by atoms with Gasteiger partial charge >= 0.3 is 5.97 Å². The van der Waals surface area contributed by atoms with E-state index in [9.17, 15) is 9.59 Å². The molecule has 3 nitrogen and oxygen atoms in total. The van der Waals surface area contributed by atoms with Gasteiger partial charge in [0.05, 0.1) is 0 Å². The van der Waals surface area contributed by atoms with E-state index in [-0.39, 0.29) is 28.7 Å². The zero-order valence-electron chi connectivity index (χ0n) is 18.8. The normalized spacial score (nSPS) is 43.0. The number of hydrogen-bond donors (Lipinski definition) is 0. The van der Waals surface area contributed by atoms with Crippen molar-refractivity contribution in [2.45, 2.75) is 97.0 Å². The van der Waals surface area contributed by atoms with Crippen LogP contribution < -0.4 is 0 Å². The predicted octanol–water partition coefficient (Wildman–Crippen LogP) is 6.18. The molecule has 0 aromatic carbocycles. The van der Waals surface area contributed by atoms with E-state index < -0.39 is 0 Å². The van der Waals surface area contributed by atoms with Crippen molar-refractivity contribution in [3.05, 3.63) is 23.8 Å². The molecule has 164 valence electrons. The zero-order chi connectivity index (χ0) is 20.9. The van der Waals surface area contributed by atoms with E-state index >= 15 is 0 Å². The van der Waals surface area contributed by atoms with Gasteiger partial charge in [0, 0.05) is 17.3 Å². The minimum atomic E-state index is 0.0467. The molecule has 0 spiro atoms. The Morgan fingerprint density at radius 1 is 1.07 bits per heavy atom. The Morgan fingerprint density at radius 2 is 1.87 bits per heavy atom. The molecule has 0 bridgehead atoms. The lowest BCUT2D eigenvalue weighted by molar-refractivity contribution is -0.159. The lowest BCUT2D eigenvalue weighted by Crippen LogP contribution is -2.51. The van der Waals surface area contributed by atoms with Gasteiger partial charge in [-0.15, -0.1) is 0 Å². The van der Waals surface area contributed by atoms with Crippen LogP contribution in [0.5, 0.6) is 0 Å². The molecular weight excluding hydrogens is 372 g/mol. The highest BCUT2D eigenvalue weighted by Crippen LogP contribution is 2.64. The van der Waals surface area contributed by atoms with Crippen LogP contribution in [0.2, 0.25) is 0 Å². The van der Waals surface area contributed by atoms with E-state index in [1.54, 1.807) is 6.08 Å². The summed E-state index contributed by atoms with van der Waals surface area (Å²) in [6.07, 6.45) is 19.7. The molecule has 5 aliphatic rings. The van der Waals surface area contributed by atoms with Crippen molar-refractivity contribution in [3.8, 4) is 0 Å². The Hall–Kier alpha value is -1.38. The van der Waals surface area contributed by atoms with Gasteiger partial charge in [0.15, 0.2) is 5.78 Å². The van der Waals surface area contributed by atoms with Gasteiger partial charge in [-0.2, -0.15) is 0 Å². The monoisotopic (exact) mass is 410 g/mol. The van der Waals surface area contributed by atoms with E-state index in [4.69, 9.17) is 4.74 Å². The summed E-state index contributed by atoms with van der Waals surface area (Å²) < 4.78 is 6.16. The molecule has 0 radical (unpaired) electrons. The highest BCUT2D eigenvalue weighted by atomic mass is 16.5. The van der Waals surface area contributed by atoms with E-state index in [0.29, 0.717) is 24.2 Å². The van der Waals surface area contributed by atoms with Gasteiger partial charge in [-0.1, -0.05) is 51.2 Å². The first-order valence-electron chi connectivity index (χ1n) is 12.5. The zero-order valence-corrected chi connectivity index (χ0v) is 18.8. The quantitative estimate of drug-likeness (QED) is 0.520. The lowest BCUT2D eigenvalue weighted by Gasteiger charge is -2.56. The summed E-state index contributed by atoms with van der Waals surface area (Å²) in [7, 11) is 0. The second-order valence-electron chi connectivity index (χ2n) is 11.4. The van der Waals surface area contributed by atoms with Gasteiger partial charge < -0.3 is 4.74 Å². The number of carbonyl (C=O) groups is 2. The van der Waals surface area contributed by atoms with Crippen LogP contribution >= 0.6 is 0 Å². The topological polar surface area (TPSA) is 43.4 Å². The molecule has 6 atom stereocenters. The van der Waals surface area contributed by atoms with E-state index in [1.807, 2.05) is 6.08 Å². The highest BCUT2D eigenvalue weighted by Gasteiger charge is 2.59. The molecular formula is C27H38O3. The summed E-state index contributed by atoms with van der Waals surface area (Å²) in [4.78, 5) is 24.6. The Kier molecular flexibility index (Phi) is 5.22. The lowest BCUT2D eigenvalue weighted by atomic mass is 9.48. The van der Waals surface area contributed by atoms with Gasteiger partial charge in [-0.05, 0) is 80.8 Å². The average Bonchev–Trinajstić information content (AvgIpc) is 3.35. The van der Waals surface area contributed by atoms with Crippen LogP contribution in [0.25, 0.3) is 0 Å². The number of fused-ring (bicyclic) bond motifs is 5. The van der Waals surface area contributed by atoms with Gasteiger partial charge in [-0.3, -0.25) is 9.59 Å². The van der Waals surface area contributed by atoms with E-state index in [0.717, 1.165) is 31.6 Å². The molecule has 6 unspecified atom stereocenters. The molecule has 0 heterocycles. The maximum atomic E-state index is 12.7. The van der Waals surface area contributed by atoms with Crippen molar-refractivity contribution in [2.24, 2.45) is 34.5 Å². The van der Waals surface area contributed by atoms with Crippen LogP contribution in [0, 0.1) is 34.5 Å². The fourth-order valence-electron chi connectivity index (χ4n) is 8.18. The number of ether oxygens (including phenoxy) is 1. The highest BCUT2D eigenvalue weighted by molar-refractivity contribution is 6.01. The Morgan fingerprint density at radius 3 is 2.67 bits per heavy atom. The van der Waals surface area contributed by atoms with Crippen molar-refractivity contribution in [2.75, 3.05) is 0 Å². The van der Waals surface area contributed by atoms with Crippen molar-refractivity contribution in [3.63, 3.8) is 0 Å². The maximum Gasteiger partial charge on any atom is 0.306 e. The third kappa shape index (κ3) is 3.31. The summed E-state index contributed by atoms with van der Waals surface area (Å²) in [5.41, 5.74) is 1.54. The first-order chi connectivity index (χ1) is 14.4. The molecule has 0 aromatic heterocycles. The van der Waals surface area contributed by atoms with Crippen molar-refractivity contribution in [1.29, 1.82) is 0 Å². The fraction of sp³-hybridized carbons (Fsp3) is 0.778. The molecule has 5 rings (SSSR count). The number of ketones is 1. The van der Waals surface area contributed by atoms with Gasteiger partial charge in [0.2, 0.25) is 0 Å². The second kappa shape index (κ2) is 7.64. The van der Waals surface area contributed by atoms with E-state index in [2.05, 4.69) is 19.9 Å². The minimum absolute atomic E-state index is 0.0467. The number of allylic oxidation sites excluding steroid dienone is 4. The third-order valence-corrected chi connectivity index (χ3v) is 9.97. The predicted molar refractivity (Wildman–Crippen MR) is 118 cm³/mol. The Bertz CT molecular complexity index is 773. The molecule has 3 heteroatoms. The molecule has 0 saturated heterocycles. The number of esters is 1. The molecule has 0 N–H and O–H groups in total. The van der Waals surface area contributed by atoms with Crippen molar-refractivity contribution < 1.29 is 14.3 Å². The van der Waals surface area contributed by atoms with E-state index in [1.165, 1.54) is 50.5 Å². The van der Waals surface area contributed by atoms with Gasteiger partial charge in [0.25, 0.3) is 0 Å². The van der Waals surface area contributed by atoms with Crippen LogP contribution in [0.1, 0.15) is 90.9 Å². The van der Waals surface area contributed by atoms with Gasteiger partial charge in [0.1, 0.15) is 6.10 Å². The molecule has 4 saturated carbocycles. The fourth-order valence-corrected chi connectivity index (χ4v) is 8.18. The van der Waals surface area contributed by atoms with Crippen molar-refractivity contribution >= 4 is 11.8 Å². The standard InChI is InChI=1S/C27H38O3/c1-26-15-13-20(28)17-19(26)8-9-21-22-10-11-24(27(22,2)16-14-23(21)26)30-25(29)12-7-18-5-3-4-6-18/h13,15,17-18,21-24H,3-12,14,16H2,1-2H3. The first kappa shape index (κ1) is 20.5. The summed E-state index contributed by atoms with van der Waals surface area (Å²) in [5, 5.41) is 0. The maximum absolute atomic E-state index is 12.7. The average molecular weight is 411 g/mol. The first-order valence-corrected chi connectivity index (χ1v) is 12.5. The summed E-state index contributed by atoms with van der Waals surface area (Å²) in [6, 6.07) is 0. The number of hydrogen-bond acceptors (Lipinski definition) is 3.